The molecular weight excluding hydrogens is 378 g/mol. The first-order chi connectivity index (χ1) is 12.6. The van der Waals surface area contributed by atoms with Gasteiger partial charge in [0.15, 0.2) is 17.4 Å². The van der Waals surface area contributed by atoms with Crippen LogP contribution in [0.25, 0.3) is 10.9 Å². The third-order valence-electron chi connectivity index (χ3n) is 4.54. The second-order valence-corrected chi connectivity index (χ2v) is 6.63. The van der Waals surface area contributed by atoms with Gasteiger partial charge in [0.2, 0.25) is 5.91 Å². The first kappa shape index (κ1) is 18.8. The van der Waals surface area contributed by atoms with Crippen LogP contribution in [-0.2, 0) is 4.79 Å². The van der Waals surface area contributed by atoms with Gasteiger partial charge in [0, 0.05) is 27.7 Å². The van der Waals surface area contributed by atoms with Crippen molar-refractivity contribution in [3.63, 3.8) is 0 Å². The summed E-state index contributed by atoms with van der Waals surface area (Å²) in [6.45, 7) is 2.93. The number of hydrogen-bond donors (Lipinski definition) is 2. The van der Waals surface area contributed by atoms with E-state index in [2.05, 4.69) is 0 Å². The van der Waals surface area contributed by atoms with Crippen LogP contribution in [0.3, 0.4) is 0 Å². The lowest BCUT2D eigenvalue weighted by Crippen LogP contribution is -2.20. The van der Waals surface area contributed by atoms with Crippen LogP contribution >= 0.6 is 11.6 Å². The maximum atomic E-state index is 14.7. The molecule has 0 aliphatic heterocycles. The molecule has 1 aromatic heterocycles. The summed E-state index contributed by atoms with van der Waals surface area (Å²) >= 11 is 5.93. The number of carbonyl (C=O) groups excluding carboxylic acids is 2. The molecule has 3 aromatic rings. The summed E-state index contributed by atoms with van der Waals surface area (Å²) in [5, 5.41) is 9.75. The lowest BCUT2D eigenvalue weighted by Gasteiger charge is -2.10. The van der Waals surface area contributed by atoms with Crippen LogP contribution in [0.1, 0.15) is 34.5 Å². The molecule has 8 heteroatoms. The average molecular weight is 393 g/mol. The molecule has 0 bridgehead atoms. The number of carbonyl (C=O) groups is 2. The van der Waals surface area contributed by atoms with Crippen LogP contribution in [0, 0.1) is 18.6 Å². The second kappa shape index (κ2) is 6.66. The number of nitrogens with two attached hydrogens (primary N) is 1. The Balaban J connectivity index is 2.41. The highest BCUT2D eigenvalue weighted by molar-refractivity contribution is 6.31. The number of halogens is 3. The molecule has 0 aliphatic carbocycles. The molecule has 1 unspecified atom stereocenters. The zero-order valence-electron chi connectivity index (χ0n) is 14.4. The number of aromatic nitrogens is 1. The van der Waals surface area contributed by atoms with Crippen molar-refractivity contribution in [3.05, 3.63) is 63.8 Å². The molecule has 27 heavy (non-hydrogen) atoms. The van der Waals surface area contributed by atoms with Crippen molar-refractivity contribution in [2.75, 3.05) is 0 Å². The van der Waals surface area contributed by atoms with E-state index in [0.29, 0.717) is 5.02 Å². The Bertz CT molecular complexity index is 1110. The highest BCUT2D eigenvalue weighted by Gasteiger charge is 2.29. The summed E-state index contributed by atoms with van der Waals surface area (Å²) < 4.78 is 29.8. The molecule has 0 aliphatic rings. The monoisotopic (exact) mass is 392 g/mol. The molecule has 3 rings (SSSR count). The van der Waals surface area contributed by atoms with Gasteiger partial charge in [-0.15, -0.1) is 0 Å². The number of fused-ring (bicyclic) bond motifs is 1. The van der Waals surface area contributed by atoms with Crippen LogP contribution in [0.2, 0.25) is 5.02 Å². The number of aromatic hydroxyl groups is 1. The summed E-state index contributed by atoms with van der Waals surface area (Å²) in [6.07, 6.45) is 0. The third-order valence-corrected chi connectivity index (χ3v) is 4.78. The fourth-order valence-electron chi connectivity index (χ4n) is 3.20. The minimum atomic E-state index is -1.26. The molecule has 1 atom stereocenters. The Hall–Kier alpha value is -2.93. The fourth-order valence-corrected chi connectivity index (χ4v) is 3.39. The molecule has 0 saturated heterocycles. The quantitative estimate of drug-likeness (QED) is 0.709. The van der Waals surface area contributed by atoms with Gasteiger partial charge in [-0.3, -0.25) is 14.2 Å². The summed E-state index contributed by atoms with van der Waals surface area (Å²) in [7, 11) is 0. The predicted molar refractivity (Wildman–Crippen MR) is 97.0 cm³/mol. The van der Waals surface area contributed by atoms with E-state index in [4.69, 9.17) is 17.3 Å². The van der Waals surface area contributed by atoms with Crippen molar-refractivity contribution in [1.29, 1.82) is 0 Å². The van der Waals surface area contributed by atoms with E-state index in [-0.39, 0.29) is 27.7 Å². The number of benzene rings is 2. The molecular formula is C19H15ClF2N2O3. The Labute approximate surface area is 158 Å². The standard InChI is InChI=1S/C19H15ClF2N2O3/c1-8(18(23)26)14-9(2)24(19(27)10-4-3-5-11(20)6-10)13-7-12(21)17(25)16(22)15(13)14/h3-8,25H,1-2H3,(H2,23,26). The van der Waals surface area contributed by atoms with Gasteiger partial charge in [-0.25, -0.2) is 8.78 Å². The van der Waals surface area contributed by atoms with Crippen LogP contribution in [0.4, 0.5) is 8.78 Å². The number of hydrogen-bond acceptors (Lipinski definition) is 3. The minimum absolute atomic E-state index is 0.112. The van der Waals surface area contributed by atoms with Crippen molar-refractivity contribution in [2.24, 2.45) is 5.73 Å². The smallest absolute Gasteiger partial charge is 0.262 e. The summed E-state index contributed by atoms with van der Waals surface area (Å²) in [5.41, 5.74) is 5.75. The van der Waals surface area contributed by atoms with E-state index >= 15 is 0 Å². The maximum Gasteiger partial charge on any atom is 0.262 e. The van der Waals surface area contributed by atoms with Crippen molar-refractivity contribution >= 4 is 34.3 Å². The molecule has 0 saturated carbocycles. The molecule has 140 valence electrons. The van der Waals surface area contributed by atoms with E-state index in [1.54, 1.807) is 12.1 Å². The Morgan fingerprint density at radius 2 is 1.93 bits per heavy atom. The molecule has 0 spiro atoms. The second-order valence-electron chi connectivity index (χ2n) is 6.19. The number of primary amides is 1. The number of nitrogens with zero attached hydrogens (tertiary/aromatic N) is 1. The Morgan fingerprint density at radius 1 is 1.26 bits per heavy atom. The predicted octanol–water partition coefficient (Wildman–Crippen LogP) is 3.86. The topological polar surface area (TPSA) is 85.3 Å². The lowest BCUT2D eigenvalue weighted by atomic mass is 9.97. The number of phenolic OH excluding ortho intramolecular Hbond substituents is 1. The van der Waals surface area contributed by atoms with Crippen LogP contribution in [-0.4, -0.2) is 21.5 Å². The molecule has 2 aromatic carbocycles. The summed E-state index contributed by atoms with van der Waals surface area (Å²) in [6, 6.07) is 6.91. The zero-order chi connectivity index (χ0) is 20.0. The Morgan fingerprint density at radius 3 is 2.52 bits per heavy atom. The summed E-state index contributed by atoms with van der Waals surface area (Å²) in [4.78, 5) is 24.7. The number of phenols is 1. The van der Waals surface area contributed by atoms with Crippen LogP contribution < -0.4 is 5.73 Å². The molecule has 0 fully saturated rings. The van der Waals surface area contributed by atoms with Gasteiger partial charge >= 0.3 is 0 Å². The zero-order valence-corrected chi connectivity index (χ0v) is 15.1. The SMILES string of the molecule is Cc1c(C(C)C(N)=O)c2c(F)c(O)c(F)cc2n1C(=O)c1cccc(Cl)c1. The number of amides is 1. The van der Waals surface area contributed by atoms with Crippen LogP contribution in [0.5, 0.6) is 5.75 Å². The van der Waals surface area contributed by atoms with Gasteiger partial charge in [-0.2, -0.15) is 0 Å². The van der Waals surface area contributed by atoms with E-state index in [1.165, 1.54) is 26.0 Å². The number of rotatable bonds is 3. The fraction of sp³-hybridized carbons (Fsp3) is 0.158. The average Bonchev–Trinajstić information content (AvgIpc) is 2.90. The molecule has 0 radical (unpaired) electrons. The van der Waals surface area contributed by atoms with E-state index in [1.807, 2.05) is 0 Å². The largest absolute Gasteiger partial charge is 0.503 e. The molecule has 5 nitrogen and oxygen atoms in total. The Kier molecular flexibility index (Phi) is 4.65. The molecule has 3 N–H and O–H groups in total. The van der Waals surface area contributed by atoms with Crippen molar-refractivity contribution in [3.8, 4) is 5.75 Å². The third kappa shape index (κ3) is 2.94. The highest BCUT2D eigenvalue weighted by Crippen LogP contribution is 2.38. The van der Waals surface area contributed by atoms with Gasteiger partial charge in [0.05, 0.1) is 11.4 Å². The van der Waals surface area contributed by atoms with Gasteiger partial charge in [0.1, 0.15) is 0 Å². The summed E-state index contributed by atoms with van der Waals surface area (Å²) in [5.74, 6) is -5.99. The van der Waals surface area contributed by atoms with Crippen LogP contribution in [0.15, 0.2) is 30.3 Å². The maximum absolute atomic E-state index is 14.7. The van der Waals surface area contributed by atoms with Gasteiger partial charge in [-0.1, -0.05) is 17.7 Å². The first-order valence-corrected chi connectivity index (χ1v) is 8.34. The molecule has 1 amide bonds. The minimum Gasteiger partial charge on any atom is -0.503 e. The van der Waals surface area contributed by atoms with Crippen molar-refractivity contribution < 1.29 is 23.5 Å². The normalized spacial score (nSPS) is 12.3. The van der Waals surface area contributed by atoms with Crippen molar-refractivity contribution in [2.45, 2.75) is 19.8 Å². The van der Waals surface area contributed by atoms with Crippen molar-refractivity contribution in [1.82, 2.24) is 4.57 Å². The van der Waals surface area contributed by atoms with Gasteiger partial charge in [-0.05, 0) is 37.6 Å². The first-order valence-electron chi connectivity index (χ1n) is 7.96. The van der Waals surface area contributed by atoms with E-state index in [0.717, 1.165) is 10.6 Å². The highest BCUT2D eigenvalue weighted by atomic mass is 35.5. The van der Waals surface area contributed by atoms with E-state index in [9.17, 15) is 23.5 Å². The van der Waals surface area contributed by atoms with E-state index < -0.39 is 35.1 Å². The lowest BCUT2D eigenvalue weighted by molar-refractivity contribution is -0.119. The van der Waals surface area contributed by atoms with Gasteiger partial charge < -0.3 is 10.8 Å². The molecule has 1 heterocycles. The van der Waals surface area contributed by atoms with Gasteiger partial charge in [0.25, 0.3) is 5.91 Å².